The van der Waals surface area contributed by atoms with E-state index in [1.54, 1.807) is 27.9 Å². The largest absolute Gasteiger partial charge is 0.496 e. The molecule has 1 aromatic carbocycles. The van der Waals surface area contributed by atoms with Crippen LogP contribution in [0.1, 0.15) is 26.3 Å². The van der Waals surface area contributed by atoms with Crippen LogP contribution in [-0.4, -0.2) is 18.9 Å². The van der Waals surface area contributed by atoms with Crippen molar-refractivity contribution in [2.45, 2.75) is 27.2 Å². The van der Waals surface area contributed by atoms with E-state index in [1.165, 1.54) is 0 Å². The Bertz CT molecular complexity index is 476. The maximum atomic E-state index is 11.5. The molecule has 0 aliphatic rings. The lowest BCUT2D eigenvalue weighted by Crippen LogP contribution is -2.23. The van der Waals surface area contributed by atoms with Crippen LogP contribution in [0.2, 0.25) is 0 Å². The summed E-state index contributed by atoms with van der Waals surface area (Å²) < 4.78 is 5.21. The molecule has 0 heterocycles. The van der Waals surface area contributed by atoms with Gasteiger partial charge in [-0.2, -0.15) is 0 Å². The van der Waals surface area contributed by atoms with Crippen molar-refractivity contribution < 1.29 is 14.4 Å². The topological polar surface area (TPSA) is 73.9 Å². The monoisotopic (exact) mass is 264 g/mol. The molecule has 0 aliphatic heterocycles. The van der Waals surface area contributed by atoms with Crippen molar-refractivity contribution in [1.29, 1.82) is 0 Å². The summed E-state index contributed by atoms with van der Waals surface area (Å²) in [7, 11) is 1.59. The molecule has 0 saturated heterocycles. The Labute approximate surface area is 113 Å². The number of rotatable bonds is 4. The number of oxime groups is 1. The van der Waals surface area contributed by atoms with Gasteiger partial charge in [0.1, 0.15) is 11.6 Å². The number of hydrogen-bond acceptors (Lipinski definition) is 4. The first-order chi connectivity index (χ1) is 8.84. The molecule has 0 aromatic heterocycles. The maximum Gasteiger partial charge on any atom is 0.340 e. The van der Waals surface area contributed by atoms with Gasteiger partial charge in [-0.15, -0.1) is 0 Å². The summed E-state index contributed by atoms with van der Waals surface area (Å²) in [6.07, 6.45) is 0.363. The van der Waals surface area contributed by atoms with Crippen LogP contribution in [0.5, 0.6) is 5.75 Å². The van der Waals surface area contributed by atoms with Gasteiger partial charge in [0.15, 0.2) is 0 Å². The van der Waals surface area contributed by atoms with Gasteiger partial charge >= 0.3 is 5.97 Å². The molecule has 0 atom stereocenters. The molecular weight excluding hydrogens is 244 g/mol. The molecule has 0 amide bonds. The van der Waals surface area contributed by atoms with Crippen LogP contribution >= 0.6 is 0 Å². The Morgan fingerprint density at radius 2 is 1.95 bits per heavy atom. The number of ether oxygens (including phenoxy) is 1. The highest BCUT2D eigenvalue weighted by Crippen LogP contribution is 2.18. The van der Waals surface area contributed by atoms with Crippen LogP contribution < -0.4 is 10.5 Å². The molecule has 0 bridgehead atoms. The van der Waals surface area contributed by atoms with Gasteiger partial charge in [-0.3, -0.25) is 0 Å². The number of benzene rings is 1. The third-order valence-electron chi connectivity index (χ3n) is 2.42. The summed E-state index contributed by atoms with van der Waals surface area (Å²) >= 11 is 0. The average Bonchev–Trinajstić information content (AvgIpc) is 2.35. The van der Waals surface area contributed by atoms with E-state index in [1.807, 2.05) is 24.3 Å². The van der Waals surface area contributed by atoms with Gasteiger partial charge in [0.25, 0.3) is 0 Å². The minimum absolute atomic E-state index is 0.224. The lowest BCUT2D eigenvalue weighted by Gasteiger charge is -2.13. The highest BCUT2D eigenvalue weighted by atomic mass is 16.7. The average molecular weight is 264 g/mol. The molecular formula is C14H20N2O3. The zero-order chi connectivity index (χ0) is 14.5. The summed E-state index contributed by atoms with van der Waals surface area (Å²) in [5.74, 6) is 0.528. The van der Waals surface area contributed by atoms with Gasteiger partial charge < -0.3 is 15.3 Å². The van der Waals surface area contributed by atoms with Crippen LogP contribution in [0.3, 0.4) is 0 Å². The van der Waals surface area contributed by atoms with Crippen LogP contribution in [0, 0.1) is 5.41 Å². The number of methoxy groups -OCH3 is 1. The molecule has 0 fully saturated rings. The fraction of sp³-hybridized carbons (Fsp3) is 0.429. The van der Waals surface area contributed by atoms with Crippen LogP contribution in [0.4, 0.5) is 0 Å². The van der Waals surface area contributed by atoms with Crippen molar-refractivity contribution in [3.63, 3.8) is 0 Å². The Morgan fingerprint density at radius 3 is 2.53 bits per heavy atom. The quantitative estimate of drug-likeness (QED) is 0.391. The van der Waals surface area contributed by atoms with Crippen molar-refractivity contribution >= 4 is 11.8 Å². The lowest BCUT2D eigenvalue weighted by molar-refractivity contribution is -0.152. The Hall–Kier alpha value is -2.04. The van der Waals surface area contributed by atoms with Crippen molar-refractivity contribution in [2.24, 2.45) is 16.3 Å². The second kappa shape index (κ2) is 6.22. The highest BCUT2D eigenvalue weighted by Gasteiger charge is 2.23. The van der Waals surface area contributed by atoms with E-state index < -0.39 is 11.4 Å². The van der Waals surface area contributed by atoms with E-state index in [9.17, 15) is 4.79 Å². The third-order valence-corrected chi connectivity index (χ3v) is 2.42. The first kappa shape index (κ1) is 15.0. The standard InChI is InChI=1S/C14H20N2O3/c1-14(2,3)13(17)19-16-12(15)9-10-7-5-6-8-11(10)18-4/h5-8H,9H2,1-4H3,(H2,15,16). The van der Waals surface area contributed by atoms with E-state index in [-0.39, 0.29) is 5.84 Å². The summed E-state index contributed by atoms with van der Waals surface area (Å²) in [4.78, 5) is 16.3. The van der Waals surface area contributed by atoms with E-state index in [0.29, 0.717) is 6.42 Å². The Balaban J connectivity index is 2.69. The molecule has 0 unspecified atom stereocenters. The number of para-hydroxylation sites is 1. The fourth-order valence-corrected chi connectivity index (χ4v) is 1.31. The molecule has 5 heteroatoms. The zero-order valence-electron chi connectivity index (χ0n) is 11.8. The van der Waals surface area contributed by atoms with Gasteiger partial charge in [0, 0.05) is 12.0 Å². The van der Waals surface area contributed by atoms with Crippen LogP contribution in [0.25, 0.3) is 0 Å². The normalized spacial score (nSPS) is 12.1. The molecule has 1 rings (SSSR count). The van der Waals surface area contributed by atoms with E-state index in [2.05, 4.69) is 5.16 Å². The number of hydrogen-bond donors (Lipinski definition) is 1. The SMILES string of the molecule is COc1ccccc1CC(N)=NOC(=O)C(C)(C)C. The summed E-state index contributed by atoms with van der Waals surface area (Å²) in [6, 6.07) is 7.47. The summed E-state index contributed by atoms with van der Waals surface area (Å²) in [6.45, 7) is 5.25. The van der Waals surface area contributed by atoms with Crippen molar-refractivity contribution in [3.8, 4) is 5.75 Å². The predicted octanol–water partition coefficient (Wildman–Crippen LogP) is 2.10. The molecule has 5 nitrogen and oxygen atoms in total. The predicted molar refractivity (Wildman–Crippen MR) is 73.9 cm³/mol. The van der Waals surface area contributed by atoms with E-state index >= 15 is 0 Å². The van der Waals surface area contributed by atoms with Gasteiger partial charge in [-0.1, -0.05) is 23.4 Å². The molecule has 0 saturated carbocycles. The number of nitrogens with zero attached hydrogens (tertiary/aromatic N) is 1. The fourth-order valence-electron chi connectivity index (χ4n) is 1.31. The van der Waals surface area contributed by atoms with Crippen molar-refractivity contribution in [1.82, 2.24) is 0 Å². The minimum Gasteiger partial charge on any atom is -0.496 e. The smallest absolute Gasteiger partial charge is 0.340 e. The minimum atomic E-state index is -0.603. The van der Waals surface area contributed by atoms with Gasteiger partial charge in [0.05, 0.1) is 12.5 Å². The Morgan fingerprint density at radius 1 is 1.32 bits per heavy atom. The molecule has 0 spiro atoms. The summed E-state index contributed by atoms with van der Waals surface area (Å²) in [5, 5.41) is 3.65. The van der Waals surface area contributed by atoms with Gasteiger partial charge in [-0.05, 0) is 26.8 Å². The number of amidine groups is 1. The molecule has 104 valence electrons. The van der Waals surface area contributed by atoms with Gasteiger partial charge in [-0.25, -0.2) is 4.79 Å². The van der Waals surface area contributed by atoms with Crippen LogP contribution in [0.15, 0.2) is 29.4 Å². The first-order valence-corrected chi connectivity index (χ1v) is 6.00. The summed E-state index contributed by atoms with van der Waals surface area (Å²) in [5.41, 5.74) is 6.02. The van der Waals surface area contributed by atoms with Crippen molar-refractivity contribution in [2.75, 3.05) is 7.11 Å². The Kier molecular flexibility index (Phi) is 4.92. The second-order valence-corrected chi connectivity index (χ2v) is 5.20. The van der Waals surface area contributed by atoms with Crippen molar-refractivity contribution in [3.05, 3.63) is 29.8 Å². The number of nitrogens with two attached hydrogens (primary N) is 1. The molecule has 1 aromatic rings. The van der Waals surface area contributed by atoms with Gasteiger partial charge in [0.2, 0.25) is 0 Å². The number of carbonyl (C=O) groups is 1. The maximum absolute atomic E-state index is 11.5. The van der Waals surface area contributed by atoms with E-state index in [4.69, 9.17) is 15.3 Å². The first-order valence-electron chi connectivity index (χ1n) is 6.00. The van der Waals surface area contributed by atoms with Crippen LogP contribution in [-0.2, 0) is 16.1 Å². The molecule has 0 radical (unpaired) electrons. The highest BCUT2D eigenvalue weighted by molar-refractivity contribution is 5.84. The molecule has 2 N–H and O–H groups in total. The molecule has 0 aliphatic carbocycles. The second-order valence-electron chi connectivity index (χ2n) is 5.20. The van der Waals surface area contributed by atoms with E-state index in [0.717, 1.165) is 11.3 Å². The number of carbonyl (C=O) groups excluding carboxylic acids is 1. The molecule has 19 heavy (non-hydrogen) atoms. The zero-order valence-corrected chi connectivity index (χ0v) is 11.8. The lowest BCUT2D eigenvalue weighted by atomic mass is 9.98. The third kappa shape index (κ3) is 4.62.